The first-order valence-corrected chi connectivity index (χ1v) is 10.6. The van der Waals surface area contributed by atoms with E-state index in [1.54, 1.807) is 7.05 Å². The summed E-state index contributed by atoms with van der Waals surface area (Å²) < 4.78 is 1.88. The highest BCUT2D eigenvalue weighted by molar-refractivity contribution is 7.22. The van der Waals surface area contributed by atoms with Gasteiger partial charge < -0.3 is 4.90 Å². The van der Waals surface area contributed by atoms with Crippen LogP contribution in [-0.4, -0.2) is 32.9 Å². The van der Waals surface area contributed by atoms with Crippen LogP contribution in [0.5, 0.6) is 0 Å². The second kappa shape index (κ2) is 7.80. The van der Waals surface area contributed by atoms with E-state index in [2.05, 4.69) is 11.1 Å². The molecule has 0 spiro atoms. The number of carbonyl (C=O) groups is 1. The van der Waals surface area contributed by atoms with Crippen molar-refractivity contribution in [2.24, 2.45) is 0 Å². The summed E-state index contributed by atoms with van der Waals surface area (Å²) in [6, 6.07) is 14.1. The first-order chi connectivity index (χ1) is 14.0. The first kappa shape index (κ1) is 19.3. The van der Waals surface area contributed by atoms with E-state index in [4.69, 9.17) is 0 Å². The van der Waals surface area contributed by atoms with Gasteiger partial charge in [-0.05, 0) is 24.5 Å². The third-order valence-electron chi connectivity index (χ3n) is 5.77. The minimum Gasteiger partial charge on any atom is -0.325 e. The predicted molar refractivity (Wildman–Crippen MR) is 114 cm³/mol. The van der Waals surface area contributed by atoms with E-state index < -0.39 is 5.54 Å². The summed E-state index contributed by atoms with van der Waals surface area (Å²) in [6.45, 7) is -0.111. The van der Waals surface area contributed by atoms with Crippen molar-refractivity contribution < 1.29 is 4.79 Å². The number of nitrogens with zero attached hydrogens (tertiary/aromatic N) is 4. The SMILES string of the molecule is CN(C(=O)Cn1cnc2cc(-c3ccccc3)sc2c1=O)C1(C#N)CCCCC1. The normalized spacial score (nSPS) is 15.7. The Morgan fingerprint density at radius 1 is 1.28 bits per heavy atom. The Labute approximate surface area is 173 Å². The smallest absolute Gasteiger partial charge is 0.271 e. The molecule has 1 saturated carbocycles. The number of rotatable bonds is 4. The molecule has 3 aromatic rings. The molecule has 2 aromatic heterocycles. The zero-order valence-corrected chi connectivity index (χ0v) is 17.1. The third kappa shape index (κ3) is 3.56. The highest BCUT2D eigenvalue weighted by Crippen LogP contribution is 2.33. The molecule has 0 bridgehead atoms. The lowest BCUT2D eigenvalue weighted by atomic mass is 9.81. The van der Waals surface area contributed by atoms with Gasteiger partial charge in [-0.3, -0.25) is 14.2 Å². The van der Waals surface area contributed by atoms with E-state index in [9.17, 15) is 14.9 Å². The Morgan fingerprint density at radius 2 is 2.00 bits per heavy atom. The van der Waals surface area contributed by atoms with E-state index in [0.29, 0.717) is 23.1 Å². The number of aromatic nitrogens is 2. The van der Waals surface area contributed by atoms with E-state index in [1.807, 2.05) is 36.4 Å². The second-order valence-corrected chi connectivity index (χ2v) is 8.58. The third-order valence-corrected chi connectivity index (χ3v) is 6.93. The van der Waals surface area contributed by atoms with Crippen LogP contribution in [-0.2, 0) is 11.3 Å². The maximum absolute atomic E-state index is 13.0. The van der Waals surface area contributed by atoms with Crippen molar-refractivity contribution >= 4 is 27.5 Å². The van der Waals surface area contributed by atoms with Crippen LogP contribution >= 0.6 is 11.3 Å². The molecule has 0 aliphatic heterocycles. The van der Waals surface area contributed by atoms with Crippen LogP contribution in [0.1, 0.15) is 32.1 Å². The molecule has 1 aliphatic carbocycles. The van der Waals surface area contributed by atoms with Gasteiger partial charge in [0.1, 0.15) is 16.8 Å². The standard InChI is InChI=1S/C22H22N4O2S/c1-25(22(14-23)10-6-3-7-11-22)19(27)13-26-15-24-17-12-18(29-20(17)21(26)28)16-8-4-2-5-9-16/h2,4-5,8-9,12,15H,3,6-7,10-11,13H2,1H3. The number of nitriles is 1. The Kier molecular flexibility index (Phi) is 5.20. The van der Waals surface area contributed by atoms with Crippen molar-refractivity contribution in [2.45, 2.75) is 44.2 Å². The zero-order chi connectivity index (χ0) is 20.4. The fourth-order valence-corrected chi connectivity index (χ4v) is 5.02. The molecule has 0 radical (unpaired) electrons. The Balaban J connectivity index is 1.61. The molecule has 1 amide bonds. The molecule has 4 rings (SSSR count). The quantitative estimate of drug-likeness (QED) is 0.660. The largest absolute Gasteiger partial charge is 0.325 e. The number of benzene rings is 1. The van der Waals surface area contributed by atoms with Gasteiger partial charge in [0.15, 0.2) is 0 Å². The van der Waals surface area contributed by atoms with Gasteiger partial charge in [-0.15, -0.1) is 11.3 Å². The van der Waals surface area contributed by atoms with Crippen LogP contribution in [0.4, 0.5) is 0 Å². The molecule has 29 heavy (non-hydrogen) atoms. The number of likely N-dealkylation sites (N-methyl/N-ethyl adjacent to an activating group) is 1. The fraction of sp³-hybridized carbons (Fsp3) is 0.364. The van der Waals surface area contributed by atoms with E-state index in [1.165, 1.54) is 27.1 Å². The first-order valence-electron chi connectivity index (χ1n) is 9.76. The van der Waals surface area contributed by atoms with E-state index in [-0.39, 0.29) is 18.0 Å². The van der Waals surface area contributed by atoms with E-state index >= 15 is 0 Å². The number of amides is 1. The summed E-state index contributed by atoms with van der Waals surface area (Å²) in [5.74, 6) is -0.239. The van der Waals surface area contributed by atoms with Crippen molar-refractivity contribution in [1.82, 2.24) is 14.5 Å². The molecule has 148 valence electrons. The molecule has 0 unspecified atom stereocenters. The maximum Gasteiger partial charge on any atom is 0.271 e. The van der Waals surface area contributed by atoms with Gasteiger partial charge >= 0.3 is 0 Å². The van der Waals surface area contributed by atoms with Crippen LogP contribution in [0.25, 0.3) is 20.7 Å². The average molecular weight is 407 g/mol. The molecule has 1 aliphatic rings. The van der Waals surface area contributed by atoms with Gasteiger partial charge in [0.25, 0.3) is 5.56 Å². The Hall–Kier alpha value is -2.98. The minimum absolute atomic E-state index is 0.111. The van der Waals surface area contributed by atoms with Crippen molar-refractivity contribution in [3.05, 3.63) is 53.1 Å². The van der Waals surface area contributed by atoms with Gasteiger partial charge in [0.05, 0.1) is 17.9 Å². The maximum atomic E-state index is 13.0. The molecule has 7 heteroatoms. The number of fused-ring (bicyclic) bond motifs is 1. The highest BCUT2D eigenvalue weighted by Gasteiger charge is 2.38. The van der Waals surface area contributed by atoms with Crippen molar-refractivity contribution in [1.29, 1.82) is 5.26 Å². The Bertz CT molecular complexity index is 1140. The average Bonchev–Trinajstić information content (AvgIpc) is 3.21. The van der Waals surface area contributed by atoms with Gasteiger partial charge in [-0.1, -0.05) is 49.6 Å². The summed E-state index contributed by atoms with van der Waals surface area (Å²) in [7, 11) is 1.67. The number of carbonyl (C=O) groups excluding carboxylic acids is 1. The van der Waals surface area contributed by atoms with Gasteiger partial charge in [-0.2, -0.15) is 5.26 Å². The molecular formula is C22H22N4O2S. The van der Waals surface area contributed by atoms with Gasteiger partial charge in [-0.25, -0.2) is 4.98 Å². The zero-order valence-electron chi connectivity index (χ0n) is 16.3. The van der Waals surface area contributed by atoms with Crippen LogP contribution in [0.2, 0.25) is 0 Å². The van der Waals surface area contributed by atoms with Gasteiger partial charge in [0.2, 0.25) is 5.91 Å². The van der Waals surface area contributed by atoms with Crippen LogP contribution in [0.3, 0.4) is 0 Å². The number of hydrogen-bond acceptors (Lipinski definition) is 5. The van der Waals surface area contributed by atoms with Crippen LogP contribution < -0.4 is 5.56 Å². The molecule has 2 heterocycles. The minimum atomic E-state index is -0.764. The number of hydrogen-bond donors (Lipinski definition) is 0. The highest BCUT2D eigenvalue weighted by atomic mass is 32.1. The molecule has 1 fully saturated rings. The summed E-state index contributed by atoms with van der Waals surface area (Å²) >= 11 is 1.39. The molecular weight excluding hydrogens is 384 g/mol. The summed E-state index contributed by atoms with van der Waals surface area (Å²) in [6.07, 6.45) is 5.77. The lowest BCUT2D eigenvalue weighted by molar-refractivity contribution is -0.135. The van der Waals surface area contributed by atoms with Gasteiger partial charge in [0, 0.05) is 11.9 Å². The molecule has 0 atom stereocenters. The van der Waals surface area contributed by atoms with E-state index in [0.717, 1.165) is 29.7 Å². The molecule has 6 nitrogen and oxygen atoms in total. The molecule has 1 aromatic carbocycles. The van der Waals surface area contributed by atoms with Crippen molar-refractivity contribution in [3.63, 3.8) is 0 Å². The molecule has 0 N–H and O–H groups in total. The lowest BCUT2D eigenvalue weighted by Gasteiger charge is -2.39. The summed E-state index contributed by atoms with van der Waals surface area (Å²) in [5.41, 5.74) is 0.681. The van der Waals surface area contributed by atoms with Crippen molar-refractivity contribution in [2.75, 3.05) is 7.05 Å². The summed E-state index contributed by atoms with van der Waals surface area (Å²) in [5, 5.41) is 9.71. The lowest BCUT2D eigenvalue weighted by Crippen LogP contribution is -2.51. The monoisotopic (exact) mass is 406 g/mol. The van der Waals surface area contributed by atoms with Crippen LogP contribution in [0, 0.1) is 11.3 Å². The topological polar surface area (TPSA) is 79.0 Å². The van der Waals surface area contributed by atoms with Crippen molar-refractivity contribution in [3.8, 4) is 16.5 Å². The second-order valence-electron chi connectivity index (χ2n) is 7.53. The molecule has 0 saturated heterocycles. The Morgan fingerprint density at radius 3 is 2.69 bits per heavy atom. The number of thiophene rings is 1. The summed E-state index contributed by atoms with van der Waals surface area (Å²) in [4.78, 5) is 32.7. The predicted octanol–water partition coefficient (Wildman–Crippen LogP) is 3.81. The van der Waals surface area contributed by atoms with Crippen LogP contribution in [0.15, 0.2) is 47.5 Å². The fourth-order valence-electron chi connectivity index (χ4n) is 3.95.